The van der Waals surface area contributed by atoms with Crippen molar-refractivity contribution in [2.45, 2.75) is 338 Å². The predicted molar refractivity (Wildman–Crippen MR) is 326 cm³/mol. The molecule has 0 aromatic rings. The molecule has 0 aromatic carbocycles. The SMILES string of the molecule is CCCCCCC/C=C\C/C=C\C/C=C\CCCCCCCCCCCCC(=O)OC(COCCCCCCCCCCCC/C=C\CCCCCCCCCC)COC1OC(COC2OC(CO)C(O)C(O)C2O)C(O)C(O)C1O. The van der Waals surface area contributed by atoms with Crippen molar-refractivity contribution in [1.82, 2.24) is 0 Å². The van der Waals surface area contributed by atoms with Crippen LogP contribution in [-0.2, 0) is 33.2 Å². The van der Waals surface area contributed by atoms with Gasteiger partial charge in [0.2, 0.25) is 0 Å². The summed E-state index contributed by atoms with van der Waals surface area (Å²) in [7, 11) is 0. The number of unbranched alkanes of at least 4 members (excludes halogenated alkanes) is 33. The first-order valence-electron chi connectivity index (χ1n) is 33.2. The van der Waals surface area contributed by atoms with Crippen LogP contribution in [0.15, 0.2) is 48.6 Å². The first kappa shape index (κ1) is 75.0. The van der Waals surface area contributed by atoms with E-state index in [-0.39, 0.29) is 25.6 Å². The number of carbonyl (C=O) groups is 1. The van der Waals surface area contributed by atoms with E-state index in [0.29, 0.717) is 13.0 Å². The lowest BCUT2D eigenvalue weighted by molar-refractivity contribution is -0.332. The Kier molecular flexibility index (Phi) is 49.5. The normalized spacial score (nSPS) is 24.0. The Morgan fingerprint density at radius 2 is 0.765 bits per heavy atom. The van der Waals surface area contributed by atoms with Crippen molar-refractivity contribution in [1.29, 1.82) is 0 Å². The van der Waals surface area contributed by atoms with Crippen molar-refractivity contribution < 1.29 is 69.0 Å². The molecule has 11 unspecified atom stereocenters. The van der Waals surface area contributed by atoms with Crippen molar-refractivity contribution in [3.63, 3.8) is 0 Å². The van der Waals surface area contributed by atoms with E-state index in [1.165, 1.54) is 186 Å². The molecule has 0 radical (unpaired) electrons. The van der Waals surface area contributed by atoms with E-state index in [1.54, 1.807) is 0 Å². The molecular weight excluding hydrogens is 1030 g/mol. The third kappa shape index (κ3) is 39.3. The molecule has 2 aliphatic heterocycles. The third-order valence-electron chi connectivity index (χ3n) is 15.8. The highest BCUT2D eigenvalue weighted by molar-refractivity contribution is 5.69. The van der Waals surface area contributed by atoms with Gasteiger partial charge in [0.25, 0.3) is 0 Å². The molecule has 0 saturated carbocycles. The van der Waals surface area contributed by atoms with E-state index < -0.39 is 80.7 Å². The van der Waals surface area contributed by atoms with Gasteiger partial charge in [0.05, 0.1) is 26.4 Å². The number of hydrogen-bond acceptors (Lipinski definition) is 14. The van der Waals surface area contributed by atoms with Gasteiger partial charge < -0.3 is 64.2 Å². The minimum Gasteiger partial charge on any atom is -0.457 e. The second kappa shape index (κ2) is 53.4. The quantitative estimate of drug-likeness (QED) is 0.0171. The lowest BCUT2D eigenvalue weighted by Gasteiger charge is -2.42. The van der Waals surface area contributed by atoms with Crippen LogP contribution in [0.3, 0.4) is 0 Å². The molecule has 11 atom stereocenters. The lowest BCUT2D eigenvalue weighted by Crippen LogP contribution is -2.61. The number of ether oxygens (including phenoxy) is 6. The highest BCUT2D eigenvalue weighted by Crippen LogP contribution is 2.27. The molecule has 2 aliphatic rings. The zero-order valence-corrected chi connectivity index (χ0v) is 51.3. The van der Waals surface area contributed by atoms with Crippen LogP contribution < -0.4 is 0 Å². The van der Waals surface area contributed by atoms with Crippen molar-refractivity contribution >= 4 is 5.97 Å². The summed E-state index contributed by atoms with van der Waals surface area (Å²) < 4.78 is 34.5. The minimum absolute atomic E-state index is 0.0599. The van der Waals surface area contributed by atoms with Crippen molar-refractivity contribution in [3.8, 4) is 0 Å². The summed E-state index contributed by atoms with van der Waals surface area (Å²) in [5, 5.41) is 72.5. The average molecular weight is 1150 g/mol. The predicted octanol–water partition coefficient (Wildman–Crippen LogP) is 13.4. The highest BCUT2D eigenvalue weighted by atomic mass is 16.7. The van der Waals surface area contributed by atoms with Crippen molar-refractivity contribution in [3.05, 3.63) is 48.6 Å². The fraction of sp³-hybridized carbons (Fsp3) is 0.866. The fourth-order valence-corrected chi connectivity index (χ4v) is 10.5. The Hall–Kier alpha value is -2.05. The largest absolute Gasteiger partial charge is 0.457 e. The molecule has 7 N–H and O–H groups in total. The summed E-state index contributed by atoms with van der Waals surface area (Å²) in [6, 6.07) is 0. The molecule has 0 spiro atoms. The number of aliphatic hydroxyl groups excluding tert-OH is 7. The summed E-state index contributed by atoms with van der Waals surface area (Å²) in [4.78, 5) is 13.1. The van der Waals surface area contributed by atoms with E-state index in [9.17, 15) is 40.5 Å². The van der Waals surface area contributed by atoms with Gasteiger partial charge in [-0.1, -0.05) is 236 Å². The molecule has 0 aliphatic carbocycles. The van der Waals surface area contributed by atoms with E-state index in [1.807, 2.05) is 0 Å². The summed E-state index contributed by atoms with van der Waals surface area (Å²) in [6.45, 7) is 3.71. The monoisotopic (exact) mass is 1150 g/mol. The third-order valence-corrected chi connectivity index (χ3v) is 15.8. The maximum Gasteiger partial charge on any atom is 0.306 e. The number of hydrogen-bond donors (Lipinski definition) is 7. The summed E-state index contributed by atoms with van der Waals surface area (Å²) in [5.74, 6) is -0.377. The van der Waals surface area contributed by atoms with Crippen molar-refractivity contribution in [2.75, 3.05) is 33.0 Å². The molecule has 2 fully saturated rings. The van der Waals surface area contributed by atoms with Crippen LogP contribution in [-0.4, -0.2) is 142 Å². The first-order chi connectivity index (χ1) is 39.6. The van der Waals surface area contributed by atoms with E-state index in [2.05, 4.69) is 62.5 Å². The average Bonchev–Trinajstić information content (AvgIpc) is 3.46. The summed E-state index contributed by atoms with van der Waals surface area (Å²) in [5.41, 5.74) is 0. The van der Waals surface area contributed by atoms with Gasteiger partial charge in [-0.3, -0.25) is 4.79 Å². The second-order valence-electron chi connectivity index (χ2n) is 23.3. The smallest absolute Gasteiger partial charge is 0.306 e. The van der Waals surface area contributed by atoms with Gasteiger partial charge in [-0.25, -0.2) is 0 Å². The molecule has 14 nitrogen and oxygen atoms in total. The fourth-order valence-electron chi connectivity index (χ4n) is 10.5. The highest BCUT2D eigenvalue weighted by Gasteiger charge is 2.47. The van der Waals surface area contributed by atoms with Gasteiger partial charge in [0.15, 0.2) is 12.6 Å². The Labute approximate surface area is 492 Å². The molecular formula is C67H122O14. The van der Waals surface area contributed by atoms with Gasteiger partial charge in [-0.05, 0) is 77.0 Å². The Bertz CT molecular complexity index is 1520. The Morgan fingerprint density at radius 1 is 0.407 bits per heavy atom. The van der Waals surface area contributed by atoms with Crippen LogP contribution in [0.1, 0.15) is 271 Å². The zero-order chi connectivity index (χ0) is 58.6. The lowest BCUT2D eigenvalue weighted by atomic mass is 9.98. The first-order valence-corrected chi connectivity index (χ1v) is 33.2. The minimum atomic E-state index is -1.71. The number of carbonyl (C=O) groups excluding carboxylic acids is 1. The van der Waals surface area contributed by atoms with Crippen molar-refractivity contribution in [2.24, 2.45) is 0 Å². The number of esters is 1. The molecule has 474 valence electrons. The molecule has 0 bridgehead atoms. The molecule has 0 amide bonds. The topological polar surface area (TPSA) is 214 Å². The van der Waals surface area contributed by atoms with Gasteiger partial charge in [0, 0.05) is 13.0 Å². The van der Waals surface area contributed by atoms with Gasteiger partial charge in [-0.2, -0.15) is 0 Å². The second-order valence-corrected chi connectivity index (χ2v) is 23.3. The van der Waals surface area contributed by atoms with Crippen LogP contribution in [0.5, 0.6) is 0 Å². The van der Waals surface area contributed by atoms with Gasteiger partial charge >= 0.3 is 5.97 Å². The Balaban J connectivity index is 1.67. The number of aliphatic hydroxyl groups is 7. The number of rotatable bonds is 55. The molecule has 81 heavy (non-hydrogen) atoms. The molecule has 2 rings (SSSR count). The molecule has 0 aromatic heterocycles. The molecule has 2 heterocycles. The van der Waals surface area contributed by atoms with Crippen LogP contribution in [0.4, 0.5) is 0 Å². The number of allylic oxidation sites excluding steroid dienone is 8. The Morgan fingerprint density at radius 3 is 1.21 bits per heavy atom. The van der Waals surface area contributed by atoms with Crippen LogP contribution >= 0.6 is 0 Å². The van der Waals surface area contributed by atoms with Crippen LogP contribution in [0.2, 0.25) is 0 Å². The maximum absolute atomic E-state index is 13.1. The molecule has 14 heteroatoms. The van der Waals surface area contributed by atoms with E-state index in [0.717, 1.165) is 57.8 Å². The summed E-state index contributed by atoms with van der Waals surface area (Å²) in [6.07, 6.45) is 50.3. The standard InChI is InChI=1S/C67H122O14/c1-3-5-7-9-11-13-15-17-19-21-23-25-27-28-29-30-32-34-36-38-40-42-44-46-48-50-59(69)79-56(53-76-51-49-47-45-43-41-39-37-35-33-31-26-24-22-20-18-16-14-12-10-8-6-4-2)54-77-66-65(75)63(73)61(71)58(81-66)55-78-67-64(74)62(72)60(70)57(52-68)80-67/h15,17,21-24,27-28,56-58,60-68,70-75H,3-14,16,18-20,25-26,29-55H2,1-2H3/b17-15-,23-21-,24-22-,28-27-. The van der Waals surface area contributed by atoms with Crippen LogP contribution in [0, 0.1) is 0 Å². The van der Waals surface area contributed by atoms with E-state index >= 15 is 0 Å². The zero-order valence-electron chi connectivity index (χ0n) is 51.3. The molecule has 2 saturated heterocycles. The van der Waals surface area contributed by atoms with Crippen LogP contribution in [0.25, 0.3) is 0 Å². The van der Waals surface area contributed by atoms with Gasteiger partial charge in [0.1, 0.15) is 54.9 Å². The van der Waals surface area contributed by atoms with Gasteiger partial charge in [-0.15, -0.1) is 0 Å². The summed E-state index contributed by atoms with van der Waals surface area (Å²) >= 11 is 0. The maximum atomic E-state index is 13.1. The van der Waals surface area contributed by atoms with E-state index in [4.69, 9.17) is 28.4 Å².